The highest BCUT2D eigenvalue weighted by molar-refractivity contribution is 5.84. The molecule has 1 N–H and O–H groups in total. The summed E-state index contributed by atoms with van der Waals surface area (Å²) in [7, 11) is 1.66. The summed E-state index contributed by atoms with van der Waals surface area (Å²) in [6.45, 7) is 7.41. The van der Waals surface area contributed by atoms with Crippen molar-refractivity contribution < 1.29 is 14.3 Å². The number of aryl methyl sites for hydroxylation is 1. The molecule has 0 spiro atoms. The number of phenolic OH excluding ortho intramolecular Hbond substituents is 1. The second-order valence-electron chi connectivity index (χ2n) is 6.69. The summed E-state index contributed by atoms with van der Waals surface area (Å²) in [6, 6.07) is 13.2. The van der Waals surface area contributed by atoms with Gasteiger partial charge in [-0.25, -0.2) is 4.79 Å². The third kappa shape index (κ3) is 3.83. The lowest BCUT2D eigenvalue weighted by Crippen LogP contribution is -2.27. The lowest BCUT2D eigenvalue weighted by molar-refractivity contribution is 0.213. The number of hydrogen-bond acceptors (Lipinski definition) is 5. The molecule has 0 radical (unpaired) electrons. The molecule has 0 fully saturated rings. The van der Waals surface area contributed by atoms with Crippen molar-refractivity contribution in [2.45, 2.75) is 33.4 Å². The predicted octanol–water partition coefficient (Wildman–Crippen LogP) is 4.40. The second-order valence-corrected chi connectivity index (χ2v) is 6.69. The molecular weight excluding hydrogens is 342 g/mol. The van der Waals surface area contributed by atoms with Crippen molar-refractivity contribution >= 4 is 11.0 Å². The van der Waals surface area contributed by atoms with E-state index < -0.39 is 5.63 Å². The van der Waals surface area contributed by atoms with Crippen LogP contribution in [0.5, 0.6) is 11.5 Å². The molecule has 0 saturated heterocycles. The number of rotatable bonds is 6. The van der Waals surface area contributed by atoms with Crippen LogP contribution in [0.2, 0.25) is 0 Å². The topological polar surface area (TPSA) is 62.9 Å². The van der Waals surface area contributed by atoms with Gasteiger partial charge in [0.2, 0.25) is 0 Å². The minimum atomic E-state index is -0.406. The van der Waals surface area contributed by atoms with E-state index in [2.05, 4.69) is 24.8 Å². The lowest BCUT2D eigenvalue weighted by Gasteiger charge is -2.29. The van der Waals surface area contributed by atoms with Gasteiger partial charge in [-0.1, -0.05) is 19.1 Å². The Bertz CT molecular complexity index is 1010. The van der Waals surface area contributed by atoms with E-state index in [1.165, 1.54) is 0 Å². The van der Waals surface area contributed by atoms with E-state index in [0.717, 1.165) is 28.8 Å². The molecule has 5 nitrogen and oxygen atoms in total. The van der Waals surface area contributed by atoms with Gasteiger partial charge in [0.15, 0.2) is 0 Å². The molecule has 3 aromatic rings. The van der Waals surface area contributed by atoms with E-state index in [4.69, 9.17) is 9.15 Å². The fourth-order valence-electron chi connectivity index (χ4n) is 3.40. The molecule has 1 aromatic heterocycles. The van der Waals surface area contributed by atoms with Crippen LogP contribution in [-0.4, -0.2) is 23.7 Å². The number of phenols is 1. The Balaban J connectivity index is 1.99. The van der Waals surface area contributed by atoms with Crippen molar-refractivity contribution in [1.82, 2.24) is 4.90 Å². The van der Waals surface area contributed by atoms with E-state index in [0.29, 0.717) is 17.7 Å². The van der Waals surface area contributed by atoms with Crippen LogP contribution in [-0.2, 0) is 6.54 Å². The Labute approximate surface area is 158 Å². The van der Waals surface area contributed by atoms with E-state index in [-0.39, 0.29) is 11.8 Å². The monoisotopic (exact) mass is 367 g/mol. The second kappa shape index (κ2) is 7.84. The van der Waals surface area contributed by atoms with Gasteiger partial charge in [0, 0.05) is 29.6 Å². The first-order valence-electron chi connectivity index (χ1n) is 9.08. The third-order valence-electron chi connectivity index (χ3n) is 5.12. The number of fused-ring (bicyclic) bond motifs is 1. The Morgan fingerprint density at radius 2 is 2.00 bits per heavy atom. The number of ether oxygens (including phenoxy) is 1. The molecular formula is C22H25NO4. The summed E-state index contributed by atoms with van der Waals surface area (Å²) in [5, 5.41) is 10.8. The summed E-state index contributed by atoms with van der Waals surface area (Å²) in [5.41, 5.74) is 2.66. The molecule has 3 rings (SSSR count). The molecule has 0 aliphatic rings. The first kappa shape index (κ1) is 19.0. The van der Waals surface area contributed by atoms with Crippen LogP contribution in [0.25, 0.3) is 11.0 Å². The van der Waals surface area contributed by atoms with Gasteiger partial charge in [0.25, 0.3) is 0 Å². The average molecular weight is 367 g/mol. The normalized spacial score (nSPS) is 12.5. The lowest BCUT2D eigenvalue weighted by atomic mass is 10.0. The standard InChI is InChI=1S/C22H25NO4/c1-5-23(15(3)16-7-6-8-18(11-16)26-4)13-17-12-21(25)27-22-14(2)20(24)10-9-19(17)22/h6-12,15,24H,5,13H2,1-4H3. The van der Waals surface area contributed by atoms with Crippen molar-refractivity contribution in [3.8, 4) is 11.5 Å². The van der Waals surface area contributed by atoms with E-state index in [1.54, 1.807) is 32.2 Å². The van der Waals surface area contributed by atoms with Crippen molar-refractivity contribution in [2.24, 2.45) is 0 Å². The maximum absolute atomic E-state index is 12.1. The number of benzene rings is 2. The fraction of sp³-hybridized carbons (Fsp3) is 0.318. The van der Waals surface area contributed by atoms with Gasteiger partial charge < -0.3 is 14.3 Å². The number of aromatic hydroxyl groups is 1. The van der Waals surface area contributed by atoms with Crippen molar-refractivity contribution in [1.29, 1.82) is 0 Å². The molecule has 27 heavy (non-hydrogen) atoms. The number of nitrogens with zero attached hydrogens (tertiary/aromatic N) is 1. The van der Waals surface area contributed by atoms with Crippen LogP contribution in [0.3, 0.4) is 0 Å². The first-order valence-corrected chi connectivity index (χ1v) is 9.08. The summed E-state index contributed by atoms with van der Waals surface area (Å²) in [4.78, 5) is 14.4. The largest absolute Gasteiger partial charge is 0.508 e. The zero-order valence-electron chi connectivity index (χ0n) is 16.2. The highest BCUT2D eigenvalue weighted by atomic mass is 16.5. The van der Waals surface area contributed by atoms with E-state index >= 15 is 0 Å². The number of hydrogen-bond donors (Lipinski definition) is 1. The Hall–Kier alpha value is -2.79. The smallest absolute Gasteiger partial charge is 0.336 e. The van der Waals surface area contributed by atoms with Gasteiger partial charge in [0.05, 0.1) is 7.11 Å². The van der Waals surface area contributed by atoms with Gasteiger partial charge in [-0.2, -0.15) is 0 Å². The zero-order valence-corrected chi connectivity index (χ0v) is 16.2. The molecule has 0 bridgehead atoms. The van der Waals surface area contributed by atoms with Crippen LogP contribution < -0.4 is 10.4 Å². The van der Waals surface area contributed by atoms with Crippen molar-refractivity contribution in [3.05, 3.63) is 69.6 Å². The Morgan fingerprint density at radius 1 is 1.22 bits per heavy atom. The molecule has 142 valence electrons. The molecule has 1 atom stereocenters. The highest BCUT2D eigenvalue weighted by Crippen LogP contribution is 2.30. The summed E-state index contributed by atoms with van der Waals surface area (Å²) >= 11 is 0. The Morgan fingerprint density at radius 3 is 2.70 bits per heavy atom. The van der Waals surface area contributed by atoms with Crippen LogP contribution in [0.15, 0.2) is 51.7 Å². The van der Waals surface area contributed by atoms with Crippen molar-refractivity contribution in [2.75, 3.05) is 13.7 Å². The molecule has 5 heteroatoms. The fourth-order valence-corrected chi connectivity index (χ4v) is 3.40. The van der Waals surface area contributed by atoms with Crippen molar-refractivity contribution in [3.63, 3.8) is 0 Å². The van der Waals surface area contributed by atoms with Gasteiger partial charge in [-0.15, -0.1) is 0 Å². The van der Waals surface area contributed by atoms with Crippen LogP contribution in [0.4, 0.5) is 0 Å². The molecule has 0 aliphatic heterocycles. The maximum Gasteiger partial charge on any atom is 0.336 e. The zero-order chi connectivity index (χ0) is 19.6. The minimum Gasteiger partial charge on any atom is -0.508 e. The quantitative estimate of drug-likeness (QED) is 0.654. The molecule has 0 amide bonds. The average Bonchev–Trinajstić information content (AvgIpc) is 2.68. The molecule has 0 aliphatic carbocycles. The van der Waals surface area contributed by atoms with E-state index in [1.807, 2.05) is 18.2 Å². The molecule has 1 heterocycles. The maximum atomic E-state index is 12.1. The van der Waals surface area contributed by atoms with Gasteiger partial charge >= 0.3 is 5.63 Å². The molecule has 1 unspecified atom stereocenters. The van der Waals surface area contributed by atoms with Crippen LogP contribution in [0.1, 0.15) is 36.6 Å². The highest BCUT2D eigenvalue weighted by Gasteiger charge is 2.18. The van der Waals surface area contributed by atoms with E-state index in [9.17, 15) is 9.90 Å². The van der Waals surface area contributed by atoms with Gasteiger partial charge in [0.1, 0.15) is 17.1 Å². The molecule has 0 saturated carbocycles. The minimum absolute atomic E-state index is 0.125. The van der Waals surface area contributed by atoms with Gasteiger partial charge in [-0.3, -0.25) is 4.90 Å². The Kier molecular flexibility index (Phi) is 5.51. The molecule has 2 aromatic carbocycles. The van der Waals surface area contributed by atoms with Crippen LogP contribution >= 0.6 is 0 Å². The SMILES string of the molecule is CCN(Cc1cc(=O)oc2c(C)c(O)ccc12)C(C)c1cccc(OC)c1. The predicted molar refractivity (Wildman–Crippen MR) is 106 cm³/mol. The van der Waals surface area contributed by atoms with Gasteiger partial charge in [-0.05, 0) is 55.8 Å². The number of methoxy groups -OCH3 is 1. The summed E-state index contributed by atoms with van der Waals surface area (Å²) < 4.78 is 10.7. The summed E-state index contributed by atoms with van der Waals surface area (Å²) in [6.07, 6.45) is 0. The van der Waals surface area contributed by atoms with Crippen LogP contribution in [0, 0.1) is 6.92 Å². The summed E-state index contributed by atoms with van der Waals surface area (Å²) in [5.74, 6) is 0.951. The third-order valence-corrected chi connectivity index (χ3v) is 5.12. The first-order chi connectivity index (χ1) is 12.9.